The topological polar surface area (TPSA) is 84.2 Å². The molecule has 2 aliphatic rings. The third-order valence-corrected chi connectivity index (χ3v) is 6.13. The van der Waals surface area contributed by atoms with Gasteiger partial charge in [-0.05, 0) is 42.2 Å². The number of halogens is 1. The van der Waals surface area contributed by atoms with Crippen molar-refractivity contribution in [2.75, 3.05) is 16.8 Å². The molecule has 8 heteroatoms. The van der Waals surface area contributed by atoms with Gasteiger partial charge in [0, 0.05) is 12.6 Å². The molecule has 1 N–H and O–H groups in total. The Labute approximate surface area is 169 Å². The number of hydrogen-bond donors (Lipinski definition) is 1. The van der Waals surface area contributed by atoms with Crippen LogP contribution in [-0.4, -0.2) is 27.5 Å². The second kappa shape index (κ2) is 6.58. The minimum Gasteiger partial charge on any atom is -0.347 e. The second-order valence-corrected chi connectivity index (χ2v) is 9.51. The summed E-state index contributed by atoms with van der Waals surface area (Å²) in [7, 11) is 0. The molecule has 1 aromatic carbocycles. The highest BCUT2D eigenvalue weighted by atomic mass is 35.5. The third kappa shape index (κ3) is 3.39. The zero-order valence-electron chi connectivity index (χ0n) is 16.3. The lowest BCUT2D eigenvalue weighted by molar-refractivity contribution is -0.383. The van der Waals surface area contributed by atoms with E-state index in [9.17, 15) is 10.1 Å². The Balaban J connectivity index is 1.75. The fraction of sp³-hybridized carbons (Fsp3) is 0.500. The van der Waals surface area contributed by atoms with Gasteiger partial charge in [0.2, 0.25) is 11.6 Å². The van der Waals surface area contributed by atoms with Crippen LogP contribution >= 0.6 is 11.6 Å². The monoisotopic (exact) mass is 401 g/mol. The number of anilines is 3. The summed E-state index contributed by atoms with van der Waals surface area (Å²) in [6, 6.07) is 7.36. The van der Waals surface area contributed by atoms with E-state index in [2.05, 4.69) is 41.0 Å². The first kappa shape index (κ1) is 18.9. The van der Waals surface area contributed by atoms with Gasteiger partial charge in [-0.3, -0.25) is 10.1 Å². The summed E-state index contributed by atoms with van der Waals surface area (Å²) in [5.74, 6) is 0.551. The molecule has 2 fully saturated rings. The number of rotatable bonds is 4. The lowest BCUT2D eigenvalue weighted by atomic mass is 9.65. The highest BCUT2D eigenvalue weighted by Gasteiger charge is 2.51. The van der Waals surface area contributed by atoms with Crippen LogP contribution in [0.3, 0.4) is 0 Å². The second-order valence-electron chi connectivity index (χ2n) is 9.10. The maximum atomic E-state index is 12.0. The van der Waals surface area contributed by atoms with Crippen LogP contribution in [0.25, 0.3) is 0 Å². The molecular formula is C20H24ClN5O2. The molecule has 148 valence electrons. The van der Waals surface area contributed by atoms with Crippen molar-refractivity contribution in [2.45, 2.75) is 46.1 Å². The van der Waals surface area contributed by atoms with Crippen LogP contribution in [0, 0.1) is 20.9 Å². The summed E-state index contributed by atoms with van der Waals surface area (Å²) >= 11 is 6.21. The summed E-state index contributed by atoms with van der Waals surface area (Å²) in [6.45, 7) is 7.60. The summed E-state index contributed by atoms with van der Waals surface area (Å²) < 4.78 is 0. The SMILES string of the molecule is CC1(C)CC2CC(C)(CN2c2ncnc(Nc3ccccc3Cl)c2[N+](=O)[O-])C1. The smallest absolute Gasteiger partial charge is 0.347 e. The Kier molecular flexibility index (Phi) is 4.45. The Morgan fingerprint density at radius 1 is 1.25 bits per heavy atom. The van der Waals surface area contributed by atoms with Crippen molar-refractivity contribution in [3.63, 3.8) is 0 Å². The van der Waals surface area contributed by atoms with E-state index in [4.69, 9.17) is 11.6 Å². The van der Waals surface area contributed by atoms with E-state index in [0.29, 0.717) is 16.5 Å². The lowest BCUT2D eigenvalue weighted by Gasteiger charge is -2.39. The molecule has 7 nitrogen and oxygen atoms in total. The van der Waals surface area contributed by atoms with Gasteiger partial charge >= 0.3 is 5.69 Å². The van der Waals surface area contributed by atoms with Crippen LogP contribution in [-0.2, 0) is 0 Å². The van der Waals surface area contributed by atoms with E-state index in [0.717, 1.165) is 25.8 Å². The zero-order chi connectivity index (χ0) is 20.1. The van der Waals surface area contributed by atoms with Crippen molar-refractivity contribution in [3.05, 3.63) is 45.7 Å². The summed E-state index contributed by atoms with van der Waals surface area (Å²) in [4.78, 5) is 22.2. The fourth-order valence-corrected chi connectivity index (χ4v) is 5.42. The number of nitrogens with one attached hydrogen (secondary N) is 1. The van der Waals surface area contributed by atoms with Gasteiger partial charge in [-0.2, -0.15) is 0 Å². The predicted octanol–water partition coefficient (Wildman–Crippen LogP) is 5.19. The van der Waals surface area contributed by atoms with Crippen LogP contribution in [0.5, 0.6) is 0 Å². The van der Waals surface area contributed by atoms with Gasteiger partial charge in [-0.25, -0.2) is 9.97 Å². The summed E-state index contributed by atoms with van der Waals surface area (Å²) in [5.41, 5.74) is 0.829. The quantitative estimate of drug-likeness (QED) is 0.560. The minimum atomic E-state index is -0.399. The minimum absolute atomic E-state index is 0.101. The van der Waals surface area contributed by atoms with Gasteiger partial charge < -0.3 is 10.2 Å². The number of aromatic nitrogens is 2. The molecule has 2 atom stereocenters. The molecule has 1 aromatic heterocycles. The van der Waals surface area contributed by atoms with Crippen molar-refractivity contribution in [1.82, 2.24) is 9.97 Å². The number of nitro groups is 1. The number of para-hydroxylation sites is 1. The normalized spacial score (nSPS) is 25.6. The molecule has 2 unspecified atom stereocenters. The number of benzene rings is 1. The molecule has 1 aliphatic heterocycles. The zero-order valence-corrected chi connectivity index (χ0v) is 17.0. The van der Waals surface area contributed by atoms with Crippen molar-refractivity contribution in [3.8, 4) is 0 Å². The van der Waals surface area contributed by atoms with Crippen LogP contribution < -0.4 is 10.2 Å². The molecule has 2 bridgehead atoms. The standard InChI is InChI=1S/C20H24ClN5O2/c1-19(2)8-13-9-20(3,10-19)11-25(13)18-16(26(27)28)17(22-12-23-18)24-15-7-5-4-6-14(15)21/h4-7,12-13H,8-11H2,1-3H3,(H,22,23,24). The van der Waals surface area contributed by atoms with E-state index in [1.54, 1.807) is 18.2 Å². The van der Waals surface area contributed by atoms with Gasteiger partial charge in [0.25, 0.3) is 0 Å². The van der Waals surface area contributed by atoms with Crippen LogP contribution in [0.4, 0.5) is 23.0 Å². The van der Waals surface area contributed by atoms with E-state index >= 15 is 0 Å². The van der Waals surface area contributed by atoms with Gasteiger partial charge in [0.15, 0.2) is 0 Å². The molecule has 0 spiro atoms. The van der Waals surface area contributed by atoms with Crippen LogP contribution in [0.2, 0.25) is 5.02 Å². The first-order valence-electron chi connectivity index (χ1n) is 9.45. The molecule has 4 rings (SSSR count). The lowest BCUT2D eigenvalue weighted by Crippen LogP contribution is -2.35. The molecule has 1 aliphatic carbocycles. The molecule has 1 saturated heterocycles. The number of nitrogens with zero attached hydrogens (tertiary/aromatic N) is 4. The fourth-order valence-electron chi connectivity index (χ4n) is 5.24. The first-order valence-corrected chi connectivity index (χ1v) is 9.83. The average molecular weight is 402 g/mol. The maximum absolute atomic E-state index is 12.0. The largest absolute Gasteiger partial charge is 0.353 e. The maximum Gasteiger partial charge on any atom is 0.353 e. The molecule has 0 amide bonds. The van der Waals surface area contributed by atoms with E-state index in [-0.39, 0.29) is 28.4 Å². The molecule has 0 radical (unpaired) electrons. The Hall–Kier alpha value is -2.41. The average Bonchev–Trinajstić information content (AvgIpc) is 2.85. The highest BCUT2D eigenvalue weighted by Crippen LogP contribution is 2.54. The Morgan fingerprint density at radius 3 is 2.71 bits per heavy atom. The molecular weight excluding hydrogens is 378 g/mol. The van der Waals surface area contributed by atoms with Gasteiger partial charge in [0.1, 0.15) is 6.33 Å². The Bertz CT molecular complexity index is 935. The first-order chi connectivity index (χ1) is 13.2. The molecule has 2 heterocycles. The van der Waals surface area contributed by atoms with Gasteiger partial charge in [-0.1, -0.05) is 44.5 Å². The van der Waals surface area contributed by atoms with Gasteiger partial charge in [-0.15, -0.1) is 0 Å². The van der Waals surface area contributed by atoms with Crippen molar-refractivity contribution >= 4 is 34.6 Å². The van der Waals surface area contributed by atoms with E-state index < -0.39 is 4.92 Å². The number of fused-ring (bicyclic) bond motifs is 2. The van der Waals surface area contributed by atoms with Gasteiger partial charge in [0.05, 0.1) is 15.6 Å². The molecule has 28 heavy (non-hydrogen) atoms. The van der Waals surface area contributed by atoms with Crippen molar-refractivity contribution in [2.24, 2.45) is 10.8 Å². The Morgan fingerprint density at radius 2 is 2.00 bits per heavy atom. The highest BCUT2D eigenvalue weighted by molar-refractivity contribution is 6.33. The third-order valence-electron chi connectivity index (χ3n) is 5.80. The van der Waals surface area contributed by atoms with Crippen LogP contribution in [0.1, 0.15) is 40.0 Å². The number of hydrogen-bond acceptors (Lipinski definition) is 6. The van der Waals surface area contributed by atoms with Crippen molar-refractivity contribution in [1.29, 1.82) is 0 Å². The van der Waals surface area contributed by atoms with Crippen molar-refractivity contribution < 1.29 is 4.92 Å². The van der Waals surface area contributed by atoms with E-state index in [1.165, 1.54) is 6.33 Å². The summed E-state index contributed by atoms with van der Waals surface area (Å²) in [5, 5.41) is 15.5. The predicted molar refractivity (Wildman–Crippen MR) is 110 cm³/mol. The van der Waals surface area contributed by atoms with E-state index in [1.807, 2.05) is 6.07 Å². The summed E-state index contributed by atoms with van der Waals surface area (Å²) in [6.07, 6.45) is 4.52. The molecule has 1 saturated carbocycles. The van der Waals surface area contributed by atoms with Crippen LogP contribution in [0.15, 0.2) is 30.6 Å². The molecule has 2 aromatic rings.